The van der Waals surface area contributed by atoms with E-state index in [1.807, 2.05) is 12.1 Å². The molecule has 1 saturated carbocycles. The molecule has 1 aliphatic rings. The van der Waals surface area contributed by atoms with E-state index < -0.39 is 0 Å². The lowest BCUT2D eigenvalue weighted by molar-refractivity contribution is 0.0272. The van der Waals surface area contributed by atoms with Crippen molar-refractivity contribution in [1.82, 2.24) is 4.90 Å². The first-order chi connectivity index (χ1) is 9.16. The van der Waals surface area contributed by atoms with Crippen LogP contribution < -0.4 is 4.74 Å². The van der Waals surface area contributed by atoms with E-state index in [0.717, 1.165) is 31.6 Å². The summed E-state index contributed by atoms with van der Waals surface area (Å²) in [6.07, 6.45) is 4.25. The van der Waals surface area contributed by atoms with Crippen molar-refractivity contribution >= 4 is 0 Å². The Morgan fingerprint density at radius 2 is 2.11 bits per heavy atom. The van der Waals surface area contributed by atoms with Crippen molar-refractivity contribution in [3.63, 3.8) is 0 Å². The van der Waals surface area contributed by atoms with Crippen molar-refractivity contribution in [2.24, 2.45) is 0 Å². The standard InChI is InChI=1S/C16H25NO2/c1-13-6-5-7-14(12-13)19-11-10-17(2)15-8-3-4-9-16(15)18/h5-7,12,15-16,18H,3-4,8-11H2,1-2H3. The zero-order valence-corrected chi connectivity index (χ0v) is 12.0. The Morgan fingerprint density at radius 3 is 2.84 bits per heavy atom. The summed E-state index contributed by atoms with van der Waals surface area (Å²) < 4.78 is 5.76. The van der Waals surface area contributed by atoms with Gasteiger partial charge in [-0.3, -0.25) is 4.90 Å². The second kappa shape index (κ2) is 6.92. The maximum atomic E-state index is 10.0. The number of aliphatic hydroxyl groups is 1. The Bertz CT molecular complexity index is 394. The maximum absolute atomic E-state index is 10.0. The quantitative estimate of drug-likeness (QED) is 0.886. The van der Waals surface area contributed by atoms with Crippen molar-refractivity contribution in [1.29, 1.82) is 0 Å². The van der Waals surface area contributed by atoms with E-state index in [9.17, 15) is 5.11 Å². The third kappa shape index (κ3) is 4.22. The minimum atomic E-state index is -0.169. The Morgan fingerprint density at radius 1 is 1.32 bits per heavy atom. The lowest BCUT2D eigenvalue weighted by atomic mass is 9.92. The molecule has 0 radical (unpaired) electrons. The molecule has 1 N–H and O–H groups in total. The van der Waals surface area contributed by atoms with Crippen LogP contribution in [0.3, 0.4) is 0 Å². The monoisotopic (exact) mass is 263 g/mol. The fourth-order valence-electron chi connectivity index (χ4n) is 2.78. The molecule has 0 aromatic heterocycles. The Hall–Kier alpha value is -1.06. The van der Waals surface area contributed by atoms with Gasteiger partial charge < -0.3 is 9.84 Å². The number of hydrogen-bond donors (Lipinski definition) is 1. The van der Waals surface area contributed by atoms with Crippen LogP contribution in [0, 0.1) is 6.92 Å². The number of ether oxygens (including phenoxy) is 1. The summed E-state index contributed by atoms with van der Waals surface area (Å²) in [6, 6.07) is 8.42. The van der Waals surface area contributed by atoms with Crippen LogP contribution in [0.5, 0.6) is 5.75 Å². The van der Waals surface area contributed by atoms with Gasteiger partial charge >= 0.3 is 0 Å². The summed E-state index contributed by atoms with van der Waals surface area (Å²) in [7, 11) is 2.08. The van der Waals surface area contributed by atoms with Crippen LogP contribution in [-0.4, -0.2) is 42.4 Å². The average Bonchev–Trinajstić information content (AvgIpc) is 2.39. The topological polar surface area (TPSA) is 32.7 Å². The highest BCUT2D eigenvalue weighted by atomic mass is 16.5. The van der Waals surface area contributed by atoms with Crippen LogP contribution >= 0.6 is 0 Å². The molecule has 1 aromatic rings. The molecular formula is C16H25NO2. The van der Waals surface area contributed by atoms with Crippen molar-refractivity contribution in [2.45, 2.75) is 44.8 Å². The van der Waals surface area contributed by atoms with Gasteiger partial charge in [-0.2, -0.15) is 0 Å². The fourth-order valence-corrected chi connectivity index (χ4v) is 2.78. The smallest absolute Gasteiger partial charge is 0.119 e. The van der Waals surface area contributed by atoms with Gasteiger partial charge in [0, 0.05) is 12.6 Å². The van der Waals surface area contributed by atoms with E-state index in [0.29, 0.717) is 12.6 Å². The number of benzene rings is 1. The Kier molecular flexibility index (Phi) is 5.23. The van der Waals surface area contributed by atoms with Crippen molar-refractivity contribution in [3.8, 4) is 5.75 Å². The Labute approximate surface area is 116 Å². The lowest BCUT2D eigenvalue weighted by Gasteiger charge is -2.35. The minimum Gasteiger partial charge on any atom is -0.492 e. The summed E-state index contributed by atoms with van der Waals surface area (Å²) >= 11 is 0. The summed E-state index contributed by atoms with van der Waals surface area (Å²) in [5.41, 5.74) is 1.22. The van der Waals surface area contributed by atoms with Crippen LogP contribution in [0.15, 0.2) is 24.3 Å². The van der Waals surface area contributed by atoms with Gasteiger partial charge in [-0.15, -0.1) is 0 Å². The van der Waals surface area contributed by atoms with Gasteiger partial charge in [0.25, 0.3) is 0 Å². The average molecular weight is 263 g/mol. The molecule has 1 aliphatic carbocycles. The van der Waals surface area contributed by atoms with Gasteiger partial charge in [0.2, 0.25) is 0 Å². The molecule has 106 valence electrons. The number of likely N-dealkylation sites (N-methyl/N-ethyl adjacent to an activating group) is 1. The Balaban J connectivity index is 1.75. The lowest BCUT2D eigenvalue weighted by Crippen LogP contribution is -2.44. The summed E-state index contributed by atoms with van der Waals surface area (Å²) in [5, 5.41) is 10.0. The number of aryl methyl sites for hydroxylation is 1. The van der Waals surface area contributed by atoms with E-state index in [1.165, 1.54) is 12.0 Å². The van der Waals surface area contributed by atoms with E-state index in [4.69, 9.17) is 4.74 Å². The van der Waals surface area contributed by atoms with Crippen LogP contribution in [0.25, 0.3) is 0 Å². The molecule has 0 spiro atoms. The minimum absolute atomic E-state index is 0.169. The molecule has 0 aliphatic heterocycles. The fraction of sp³-hybridized carbons (Fsp3) is 0.625. The number of aliphatic hydroxyl groups excluding tert-OH is 1. The highest BCUT2D eigenvalue weighted by molar-refractivity contribution is 5.27. The van der Waals surface area contributed by atoms with Gasteiger partial charge in [-0.1, -0.05) is 25.0 Å². The van der Waals surface area contributed by atoms with Crippen LogP contribution in [0.4, 0.5) is 0 Å². The molecular weight excluding hydrogens is 238 g/mol. The molecule has 0 amide bonds. The zero-order valence-electron chi connectivity index (χ0n) is 12.0. The SMILES string of the molecule is Cc1cccc(OCCN(C)C2CCCCC2O)c1. The largest absolute Gasteiger partial charge is 0.492 e. The van der Waals surface area contributed by atoms with Crippen LogP contribution in [0.2, 0.25) is 0 Å². The van der Waals surface area contributed by atoms with Gasteiger partial charge in [-0.25, -0.2) is 0 Å². The maximum Gasteiger partial charge on any atom is 0.119 e. The normalized spacial score (nSPS) is 23.6. The second-order valence-corrected chi connectivity index (χ2v) is 5.56. The molecule has 1 aromatic carbocycles. The molecule has 2 unspecified atom stereocenters. The highest BCUT2D eigenvalue weighted by Gasteiger charge is 2.26. The first-order valence-electron chi connectivity index (χ1n) is 7.24. The van der Waals surface area contributed by atoms with E-state index >= 15 is 0 Å². The third-order valence-corrected chi connectivity index (χ3v) is 3.96. The predicted molar refractivity (Wildman–Crippen MR) is 77.6 cm³/mol. The molecule has 1 fully saturated rings. The molecule has 0 heterocycles. The van der Waals surface area contributed by atoms with Gasteiger partial charge in [0.15, 0.2) is 0 Å². The van der Waals surface area contributed by atoms with E-state index in [2.05, 4.69) is 31.0 Å². The van der Waals surface area contributed by atoms with Crippen molar-refractivity contribution in [2.75, 3.05) is 20.2 Å². The summed E-state index contributed by atoms with van der Waals surface area (Å²) in [5.74, 6) is 0.928. The van der Waals surface area contributed by atoms with Crippen LogP contribution in [-0.2, 0) is 0 Å². The molecule has 3 heteroatoms. The molecule has 0 bridgehead atoms. The number of hydrogen-bond acceptors (Lipinski definition) is 3. The molecule has 0 saturated heterocycles. The molecule has 19 heavy (non-hydrogen) atoms. The number of nitrogens with zero attached hydrogens (tertiary/aromatic N) is 1. The van der Waals surface area contributed by atoms with Gasteiger partial charge in [0.05, 0.1) is 6.10 Å². The number of rotatable bonds is 5. The van der Waals surface area contributed by atoms with Gasteiger partial charge in [-0.05, 0) is 44.5 Å². The second-order valence-electron chi connectivity index (χ2n) is 5.56. The predicted octanol–water partition coefficient (Wildman–Crippen LogP) is 2.61. The first-order valence-corrected chi connectivity index (χ1v) is 7.24. The third-order valence-electron chi connectivity index (χ3n) is 3.96. The van der Waals surface area contributed by atoms with E-state index in [1.54, 1.807) is 0 Å². The van der Waals surface area contributed by atoms with Gasteiger partial charge in [0.1, 0.15) is 12.4 Å². The molecule has 3 nitrogen and oxygen atoms in total. The summed E-state index contributed by atoms with van der Waals surface area (Å²) in [4.78, 5) is 2.24. The molecule has 2 rings (SSSR count). The zero-order chi connectivity index (χ0) is 13.7. The molecule has 2 atom stereocenters. The van der Waals surface area contributed by atoms with E-state index in [-0.39, 0.29) is 6.10 Å². The summed E-state index contributed by atoms with van der Waals surface area (Å²) in [6.45, 7) is 3.59. The van der Waals surface area contributed by atoms with Crippen molar-refractivity contribution in [3.05, 3.63) is 29.8 Å². The first kappa shape index (κ1) is 14.4. The van der Waals surface area contributed by atoms with Crippen LogP contribution in [0.1, 0.15) is 31.2 Å². The van der Waals surface area contributed by atoms with Crippen molar-refractivity contribution < 1.29 is 9.84 Å². The highest BCUT2D eigenvalue weighted by Crippen LogP contribution is 2.22.